The number of benzene rings is 1. The molecule has 0 unspecified atom stereocenters. The normalized spacial score (nSPS) is 23.1. The molecule has 2 heterocycles. The number of nitrogens with one attached hydrogen (secondary N) is 1. The molecule has 21 heavy (non-hydrogen) atoms. The van der Waals surface area contributed by atoms with Crippen LogP contribution in [0.25, 0.3) is 0 Å². The first-order valence-corrected chi connectivity index (χ1v) is 8.04. The average molecular weight is 292 g/mol. The van der Waals surface area contributed by atoms with Crippen molar-refractivity contribution in [2.24, 2.45) is 5.92 Å². The van der Waals surface area contributed by atoms with Gasteiger partial charge in [-0.2, -0.15) is 0 Å². The molecule has 2 aliphatic heterocycles. The van der Waals surface area contributed by atoms with Crippen LogP contribution in [-0.2, 0) is 4.74 Å². The van der Waals surface area contributed by atoms with Gasteiger partial charge in [0.1, 0.15) is 5.82 Å². The number of aryl methyl sites for hydroxylation is 1. The van der Waals surface area contributed by atoms with E-state index in [2.05, 4.69) is 10.2 Å². The second kappa shape index (κ2) is 6.86. The van der Waals surface area contributed by atoms with Gasteiger partial charge in [-0.05, 0) is 37.3 Å². The third kappa shape index (κ3) is 3.44. The highest BCUT2D eigenvalue weighted by Gasteiger charge is 2.32. The van der Waals surface area contributed by atoms with E-state index in [9.17, 15) is 4.39 Å². The Morgan fingerprint density at radius 2 is 1.95 bits per heavy atom. The van der Waals surface area contributed by atoms with Crippen molar-refractivity contribution in [3.63, 3.8) is 0 Å². The first-order chi connectivity index (χ1) is 10.3. The van der Waals surface area contributed by atoms with Crippen molar-refractivity contribution < 1.29 is 9.13 Å². The number of nitrogens with zero attached hydrogens (tertiary/aromatic N) is 1. The summed E-state index contributed by atoms with van der Waals surface area (Å²) < 4.78 is 20.0. The second-order valence-electron chi connectivity index (χ2n) is 6.21. The summed E-state index contributed by atoms with van der Waals surface area (Å²) in [4.78, 5) is 2.46. The molecule has 1 aromatic carbocycles. The number of ether oxygens (including phenoxy) is 1. The molecule has 3 nitrogen and oxygen atoms in total. The van der Waals surface area contributed by atoms with E-state index in [1.165, 1.54) is 0 Å². The van der Waals surface area contributed by atoms with E-state index in [0.717, 1.165) is 63.4 Å². The van der Waals surface area contributed by atoms with Crippen LogP contribution in [0.2, 0.25) is 0 Å². The Kier molecular flexibility index (Phi) is 4.88. The van der Waals surface area contributed by atoms with Gasteiger partial charge in [0, 0.05) is 51.0 Å². The van der Waals surface area contributed by atoms with Gasteiger partial charge in [-0.25, -0.2) is 4.39 Å². The molecule has 1 N–H and O–H groups in total. The Labute approximate surface area is 126 Å². The van der Waals surface area contributed by atoms with Crippen molar-refractivity contribution in [2.45, 2.75) is 25.8 Å². The van der Waals surface area contributed by atoms with Crippen LogP contribution in [0.3, 0.4) is 0 Å². The molecular weight excluding hydrogens is 267 g/mol. The zero-order valence-corrected chi connectivity index (χ0v) is 12.8. The van der Waals surface area contributed by atoms with E-state index >= 15 is 0 Å². The smallest absolute Gasteiger partial charge is 0.128 e. The van der Waals surface area contributed by atoms with Crippen molar-refractivity contribution in [2.75, 3.05) is 39.4 Å². The minimum absolute atomic E-state index is 0.0509. The Balaban J connectivity index is 1.89. The minimum atomic E-state index is -0.0509. The van der Waals surface area contributed by atoms with Crippen LogP contribution >= 0.6 is 0 Å². The monoisotopic (exact) mass is 292 g/mol. The molecule has 2 fully saturated rings. The standard InChI is InChI=1S/C17H25FN2O/c1-13-2-3-15(16(18)12-13)17(14-4-10-21-11-5-14)20-8-6-19-7-9-20/h2-3,12,14,17,19H,4-11H2,1H3/t17-/m0/s1. The fourth-order valence-electron chi connectivity index (χ4n) is 3.61. The Hall–Kier alpha value is -0.970. The topological polar surface area (TPSA) is 24.5 Å². The molecule has 116 valence electrons. The van der Waals surface area contributed by atoms with Gasteiger partial charge in [0.25, 0.3) is 0 Å². The molecule has 4 heteroatoms. The molecule has 0 saturated carbocycles. The zero-order valence-electron chi connectivity index (χ0n) is 12.8. The maximum atomic E-state index is 14.5. The Morgan fingerprint density at radius 3 is 2.62 bits per heavy atom. The maximum Gasteiger partial charge on any atom is 0.128 e. The van der Waals surface area contributed by atoms with Gasteiger partial charge in [0.05, 0.1) is 0 Å². The number of halogens is 1. The lowest BCUT2D eigenvalue weighted by molar-refractivity contribution is 0.0203. The molecule has 0 bridgehead atoms. The summed E-state index contributed by atoms with van der Waals surface area (Å²) in [6.07, 6.45) is 2.06. The fourth-order valence-corrected chi connectivity index (χ4v) is 3.61. The fraction of sp³-hybridized carbons (Fsp3) is 0.647. The summed E-state index contributed by atoms with van der Waals surface area (Å²) in [7, 11) is 0. The SMILES string of the molecule is Cc1ccc([C@H](C2CCOCC2)N2CCNCC2)c(F)c1. The zero-order chi connectivity index (χ0) is 14.7. The highest BCUT2D eigenvalue weighted by atomic mass is 19.1. The molecular formula is C17H25FN2O. The Morgan fingerprint density at radius 1 is 1.24 bits per heavy atom. The minimum Gasteiger partial charge on any atom is -0.381 e. The van der Waals surface area contributed by atoms with Gasteiger partial charge in [0.15, 0.2) is 0 Å². The molecule has 1 aromatic rings. The Bertz CT molecular complexity index is 450. The van der Waals surface area contributed by atoms with Crippen molar-refractivity contribution >= 4 is 0 Å². The molecule has 0 aliphatic carbocycles. The van der Waals surface area contributed by atoms with Gasteiger partial charge in [0.2, 0.25) is 0 Å². The van der Waals surface area contributed by atoms with Crippen LogP contribution in [-0.4, -0.2) is 44.3 Å². The van der Waals surface area contributed by atoms with Crippen LogP contribution < -0.4 is 5.32 Å². The van der Waals surface area contributed by atoms with Crippen molar-refractivity contribution in [3.8, 4) is 0 Å². The van der Waals surface area contributed by atoms with Crippen LogP contribution in [0.5, 0.6) is 0 Å². The summed E-state index contributed by atoms with van der Waals surface area (Å²) >= 11 is 0. The van der Waals surface area contributed by atoms with Gasteiger partial charge in [-0.1, -0.05) is 12.1 Å². The molecule has 0 radical (unpaired) electrons. The predicted octanol–water partition coefficient (Wildman–Crippen LogP) is 2.51. The number of hydrogen-bond acceptors (Lipinski definition) is 3. The lowest BCUT2D eigenvalue weighted by Gasteiger charge is -2.41. The lowest BCUT2D eigenvalue weighted by Crippen LogP contribution is -2.47. The van der Waals surface area contributed by atoms with E-state index < -0.39 is 0 Å². The molecule has 0 amide bonds. The summed E-state index contributed by atoms with van der Waals surface area (Å²) in [5.74, 6) is 0.444. The number of hydrogen-bond donors (Lipinski definition) is 1. The lowest BCUT2D eigenvalue weighted by atomic mass is 9.85. The number of piperazine rings is 1. The second-order valence-corrected chi connectivity index (χ2v) is 6.21. The highest BCUT2D eigenvalue weighted by molar-refractivity contribution is 5.27. The molecule has 2 saturated heterocycles. The van der Waals surface area contributed by atoms with E-state index in [0.29, 0.717) is 5.92 Å². The van der Waals surface area contributed by atoms with Crippen molar-refractivity contribution in [3.05, 3.63) is 35.1 Å². The van der Waals surface area contributed by atoms with E-state index in [4.69, 9.17) is 4.74 Å². The first kappa shape index (κ1) is 14.9. The largest absolute Gasteiger partial charge is 0.381 e. The van der Waals surface area contributed by atoms with Crippen molar-refractivity contribution in [1.29, 1.82) is 0 Å². The third-order valence-electron chi connectivity index (χ3n) is 4.73. The van der Waals surface area contributed by atoms with E-state index in [-0.39, 0.29) is 11.9 Å². The van der Waals surface area contributed by atoms with Crippen LogP contribution in [0.15, 0.2) is 18.2 Å². The molecule has 1 atom stereocenters. The van der Waals surface area contributed by atoms with Crippen LogP contribution in [0, 0.1) is 18.7 Å². The third-order valence-corrected chi connectivity index (χ3v) is 4.73. The van der Waals surface area contributed by atoms with Gasteiger partial charge in [-0.15, -0.1) is 0 Å². The average Bonchev–Trinajstić information content (AvgIpc) is 2.52. The van der Waals surface area contributed by atoms with E-state index in [1.54, 1.807) is 6.07 Å². The van der Waals surface area contributed by atoms with Crippen molar-refractivity contribution in [1.82, 2.24) is 10.2 Å². The summed E-state index contributed by atoms with van der Waals surface area (Å²) in [5, 5.41) is 3.39. The quantitative estimate of drug-likeness (QED) is 0.926. The van der Waals surface area contributed by atoms with Gasteiger partial charge < -0.3 is 10.1 Å². The maximum absolute atomic E-state index is 14.5. The molecule has 0 aromatic heterocycles. The summed E-state index contributed by atoms with van der Waals surface area (Å²) in [6, 6.07) is 5.89. The highest BCUT2D eigenvalue weighted by Crippen LogP contribution is 2.36. The van der Waals surface area contributed by atoms with Crippen LogP contribution in [0.4, 0.5) is 4.39 Å². The molecule has 2 aliphatic rings. The first-order valence-electron chi connectivity index (χ1n) is 8.04. The summed E-state index contributed by atoms with van der Waals surface area (Å²) in [6.45, 7) is 7.54. The van der Waals surface area contributed by atoms with Gasteiger partial charge >= 0.3 is 0 Å². The molecule has 0 spiro atoms. The van der Waals surface area contributed by atoms with E-state index in [1.807, 2.05) is 19.1 Å². The number of rotatable bonds is 3. The summed E-state index contributed by atoms with van der Waals surface area (Å²) in [5.41, 5.74) is 1.86. The predicted molar refractivity (Wildman–Crippen MR) is 81.9 cm³/mol. The van der Waals surface area contributed by atoms with Crippen LogP contribution in [0.1, 0.15) is 30.0 Å². The van der Waals surface area contributed by atoms with Gasteiger partial charge in [-0.3, -0.25) is 4.90 Å². The molecule has 3 rings (SSSR count).